The summed E-state index contributed by atoms with van der Waals surface area (Å²) in [6.45, 7) is 30.4. The van der Waals surface area contributed by atoms with E-state index in [0.717, 1.165) is 9.80 Å². The van der Waals surface area contributed by atoms with Crippen LogP contribution >= 0.6 is 0 Å². The zero-order valence-electron chi connectivity index (χ0n) is 57.9. The summed E-state index contributed by atoms with van der Waals surface area (Å²) in [6.07, 6.45) is 3.15. The summed E-state index contributed by atoms with van der Waals surface area (Å²) < 4.78 is 5.93. The molecule has 12 atom stereocenters. The lowest BCUT2D eigenvalue weighted by Gasteiger charge is -2.42. The van der Waals surface area contributed by atoms with Gasteiger partial charge in [-0.15, -0.1) is 0 Å². The molecule has 1 rings (SSSR count). The highest BCUT2D eigenvalue weighted by molar-refractivity contribution is 5.99. The highest BCUT2D eigenvalue weighted by Crippen LogP contribution is 2.27. The lowest BCUT2D eigenvalue weighted by Crippen LogP contribution is -2.64. The first-order valence-corrected chi connectivity index (χ1v) is 31.4. The summed E-state index contributed by atoms with van der Waals surface area (Å²) in [5.41, 5.74) is 0. The maximum atomic E-state index is 15.4. The SMILES string of the molecule is C/C=C/C[C@@H](C)[C@@H](OC(C)=O)[C@H]1C(=O)N[C@@H](CC)C(=O)N(C)CC(=O)N(C)[C@@H](CC(C)C)C(=O)N[C@@H](C(C)C)C(=O)N(C)[C@@H](CC(C)C)C(=O)N[C@@H](C)C(=O)N[C@H](C)C(=O)N(C)[C@@H](CC(C)C)C(=O)N(C)[C@@H](CC(C)C)C(=O)N(C)[C@@H](C(C)C)C(=O)N1C. The minimum atomic E-state index is -1.61. The van der Waals surface area contributed by atoms with Crippen molar-refractivity contribution in [3.05, 3.63) is 12.2 Å². The molecule has 1 heterocycles. The first-order chi connectivity index (χ1) is 40.6. The molecule has 502 valence electrons. The second kappa shape index (κ2) is 36.1. The second-order valence-corrected chi connectivity index (χ2v) is 26.7. The third-order valence-corrected chi connectivity index (χ3v) is 16.3. The maximum Gasteiger partial charge on any atom is 0.303 e. The van der Waals surface area contributed by atoms with Gasteiger partial charge in [0.05, 0.1) is 6.54 Å². The van der Waals surface area contributed by atoms with Crippen molar-refractivity contribution in [1.82, 2.24) is 55.6 Å². The third kappa shape index (κ3) is 22.5. The number of rotatable bonds is 16. The van der Waals surface area contributed by atoms with Crippen LogP contribution in [-0.2, 0) is 62.3 Å². The topological polar surface area (TPSA) is 285 Å². The van der Waals surface area contributed by atoms with E-state index in [1.807, 2.05) is 61.5 Å². The van der Waals surface area contributed by atoms with Crippen molar-refractivity contribution < 1.29 is 62.3 Å². The van der Waals surface area contributed by atoms with Crippen molar-refractivity contribution in [3.63, 3.8) is 0 Å². The Morgan fingerprint density at radius 3 is 1.35 bits per heavy atom. The normalized spacial score (nSPS) is 26.3. The van der Waals surface area contributed by atoms with E-state index >= 15 is 19.2 Å². The lowest BCUT2D eigenvalue weighted by molar-refractivity contribution is -0.164. The molecule has 0 aromatic carbocycles. The number of ether oxygens (including phenoxy) is 1. The largest absolute Gasteiger partial charge is 0.459 e. The molecule has 0 aromatic rings. The molecule has 0 radical (unpaired) electrons. The molecule has 11 amide bonds. The smallest absolute Gasteiger partial charge is 0.303 e. The molecule has 0 bridgehead atoms. The Morgan fingerprint density at radius 2 is 0.909 bits per heavy atom. The number of allylic oxidation sites excluding steroid dienone is 2. The van der Waals surface area contributed by atoms with Gasteiger partial charge < -0.3 is 60.3 Å². The van der Waals surface area contributed by atoms with Gasteiger partial charge in [-0.2, -0.15) is 0 Å². The highest BCUT2D eigenvalue weighted by atomic mass is 16.5. The maximum absolute atomic E-state index is 15.4. The fourth-order valence-electron chi connectivity index (χ4n) is 11.0. The number of carbonyl (C=O) groups excluding carboxylic acids is 12. The zero-order chi connectivity index (χ0) is 68.3. The number of amides is 11. The van der Waals surface area contributed by atoms with Crippen LogP contribution in [0.15, 0.2) is 12.2 Å². The van der Waals surface area contributed by atoms with Crippen LogP contribution in [0, 0.1) is 41.4 Å². The van der Waals surface area contributed by atoms with Gasteiger partial charge in [-0.3, -0.25) is 57.5 Å². The van der Waals surface area contributed by atoms with Gasteiger partial charge in [0.15, 0.2) is 0 Å². The van der Waals surface area contributed by atoms with E-state index in [0.29, 0.717) is 6.42 Å². The Morgan fingerprint density at radius 1 is 0.489 bits per heavy atom. The van der Waals surface area contributed by atoms with Crippen molar-refractivity contribution >= 4 is 70.9 Å². The van der Waals surface area contributed by atoms with Crippen LogP contribution in [0.25, 0.3) is 0 Å². The predicted molar refractivity (Wildman–Crippen MR) is 338 cm³/mol. The van der Waals surface area contributed by atoms with Crippen molar-refractivity contribution in [1.29, 1.82) is 0 Å². The van der Waals surface area contributed by atoms with Crippen LogP contribution in [0.2, 0.25) is 0 Å². The van der Waals surface area contributed by atoms with Crippen molar-refractivity contribution in [2.45, 2.75) is 230 Å². The number of esters is 1. The molecule has 0 unspecified atom stereocenters. The number of hydrogen-bond acceptors (Lipinski definition) is 13. The highest BCUT2D eigenvalue weighted by Gasteiger charge is 2.47. The molecule has 1 aliphatic heterocycles. The molecule has 4 N–H and O–H groups in total. The van der Waals surface area contributed by atoms with E-state index in [1.54, 1.807) is 54.5 Å². The van der Waals surface area contributed by atoms with E-state index in [2.05, 4.69) is 21.3 Å². The Balaban J connectivity index is 4.43. The summed E-state index contributed by atoms with van der Waals surface area (Å²) in [7, 11) is 9.89. The number of hydrogen-bond donors (Lipinski definition) is 4. The monoisotopic (exact) mass is 1240 g/mol. The summed E-state index contributed by atoms with van der Waals surface area (Å²) in [5, 5.41) is 11.0. The third-order valence-electron chi connectivity index (χ3n) is 16.3. The number of carbonyl (C=O) groups is 12. The summed E-state index contributed by atoms with van der Waals surface area (Å²) in [6, 6.07) is -12.5. The predicted octanol–water partition coefficient (Wildman–Crippen LogP) is 3.84. The Kier molecular flexibility index (Phi) is 32.6. The van der Waals surface area contributed by atoms with Crippen LogP contribution in [0.4, 0.5) is 0 Å². The molecule has 24 nitrogen and oxygen atoms in total. The van der Waals surface area contributed by atoms with Gasteiger partial charge >= 0.3 is 5.97 Å². The quantitative estimate of drug-likeness (QED) is 0.126. The average Bonchev–Trinajstić information content (AvgIpc) is 2.69. The Bertz CT molecular complexity index is 2450. The van der Waals surface area contributed by atoms with E-state index in [1.165, 1.54) is 94.6 Å². The lowest BCUT2D eigenvalue weighted by atomic mass is 9.91. The standard InChI is InChI=1S/C64H113N11O13/c1-26-28-29-41(15)54(88-44(18)76)53-58(81)67-45(27-2)60(83)69(19)34-50(77)70(20)46(30-35(3)4)57(80)68-51(39(11)12)63(86)71(21)47(31-36(5)6)56(79)65-42(16)55(78)66-43(17)59(82)72(22)48(32-37(7)8)61(84)73(23)49(33-38(9)10)62(85)74(24)52(40(13)14)64(87)75(53)25/h26,28,35-43,45-49,51-54H,27,29-34H2,1-25H3,(H,65,79)(H,66,78)(H,67,81)(H,68,80)/b28-26+/t41-,42+,43-,45+,46+,47+,48+,49+,51+,52+,53+,54-/m1/s1. The zero-order valence-corrected chi connectivity index (χ0v) is 57.9. The van der Waals surface area contributed by atoms with E-state index < -0.39 is 162 Å². The van der Waals surface area contributed by atoms with Gasteiger partial charge in [0, 0.05) is 56.3 Å². The Labute approximate surface area is 526 Å². The molecule has 0 saturated carbocycles. The van der Waals surface area contributed by atoms with Crippen molar-refractivity contribution in [2.75, 3.05) is 55.9 Å². The molecular weight excluding hydrogens is 1130 g/mol. The van der Waals surface area contributed by atoms with Crippen molar-refractivity contribution in [2.24, 2.45) is 41.4 Å². The van der Waals surface area contributed by atoms with Gasteiger partial charge in [0.25, 0.3) is 0 Å². The van der Waals surface area contributed by atoms with Crippen molar-refractivity contribution in [3.8, 4) is 0 Å². The van der Waals surface area contributed by atoms with Crippen LogP contribution in [0.3, 0.4) is 0 Å². The molecule has 1 saturated heterocycles. The first-order valence-electron chi connectivity index (χ1n) is 31.4. The molecule has 0 aliphatic carbocycles. The molecule has 0 aromatic heterocycles. The first kappa shape index (κ1) is 79.4. The average molecular weight is 1240 g/mol. The number of likely N-dealkylation sites (N-methyl/N-ethyl adjacent to an activating group) is 7. The van der Waals surface area contributed by atoms with E-state index in [-0.39, 0.29) is 55.8 Å². The van der Waals surface area contributed by atoms with Gasteiger partial charge in [0.1, 0.15) is 66.5 Å². The van der Waals surface area contributed by atoms with E-state index in [9.17, 15) is 38.4 Å². The summed E-state index contributed by atoms with van der Waals surface area (Å²) in [4.78, 5) is 183. The molecule has 1 fully saturated rings. The van der Waals surface area contributed by atoms with E-state index in [4.69, 9.17) is 4.74 Å². The van der Waals surface area contributed by atoms with Crippen LogP contribution in [0.5, 0.6) is 0 Å². The van der Waals surface area contributed by atoms with Crippen LogP contribution in [0.1, 0.15) is 163 Å². The molecule has 24 heteroatoms. The fourth-order valence-corrected chi connectivity index (χ4v) is 11.0. The van der Waals surface area contributed by atoms with Gasteiger partial charge in [0.2, 0.25) is 65.0 Å². The number of nitrogens with zero attached hydrogens (tertiary/aromatic N) is 7. The molecular formula is C64H113N11O13. The van der Waals surface area contributed by atoms with Gasteiger partial charge in [-0.05, 0) is 101 Å². The van der Waals surface area contributed by atoms with Crippen LogP contribution in [-0.4, -0.2) is 228 Å². The van der Waals surface area contributed by atoms with Gasteiger partial charge in [-0.25, -0.2) is 0 Å². The summed E-state index contributed by atoms with van der Waals surface area (Å²) >= 11 is 0. The molecule has 1 aliphatic rings. The fraction of sp³-hybridized carbons (Fsp3) is 0.781. The second-order valence-electron chi connectivity index (χ2n) is 26.7. The van der Waals surface area contributed by atoms with Crippen LogP contribution < -0.4 is 21.3 Å². The van der Waals surface area contributed by atoms with Gasteiger partial charge in [-0.1, -0.05) is 109 Å². The molecule has 88 heavy (non-hydrogen) atoms. The minimum absolute atomic E-state index is 0.00279. The molecule has 0 spiro atoms. The minimum Gasteiger partial charge on any atom is -0.459 e. The number of nitrogens with one attached hydrogen (secondary N) is 4. The summed E-state index contributed by atoms with van der Waals surface area (Å²) in [5.74, 6) is -10.7. The Hall–Kier alpha value is -6.62.